The van der Waals surface area contributed by atoms with Gasteiger partial charge in [0.25, 0.3) is 0 Å². The minimum Gasteiger partial charge on any atom is -0.493 e. The van der Waals surface area contributed by atoms with Gasteiger partial charge in [0.1, 0.15) is 0 Å². The van der Waals surface area contributed by atoms with E-state index in [1.54, 1.807) is 7.11 Å². The molecule has 0 amide bonds. The van der Waals surface area contributed by atoms with E-state index in [9.17, 15) is 5.11 Å². The summed E-state index contributed by atoms with van der Waals surface area (Å²) < 4.78 is 11.1. The largest absolute Gasteiger partial charge is 0.493 e. The van der Waals surface area contributed by atoms with Crippen LogP contribution in [-0.4, -0.2) is 24.9 Å². The highest BCUT2D eigenvalue weighted by atomic mass is 16.5. The van der Waals surface area contributed by atoms with Gasteiger partial charge in [0.05, 0.1) is 19.8 Å². The quantitative estimate of drug-likeness (QED) is 0.728. The molecule has 3 nitrogen and oxygen atoms in total. The Balaban J connectivity index is 2.88. The normalized spacial score (nSPS) is 13.9. The van der Waals surface area contributed by atoms with Crippen molar-refractivity contribution in [1.29, 1.82) is 0 Å². The number of unbranched alkanes of at least 4 members (excludes halogenated alkanes) is 1. The fraction of sp³-hybridized carbons (Fsp3) is 0.625. The smallest absolute Gasteiger partial charge is 0.161 e. The minimum absolute atomic E-state index is 0.138. The Morgan fingerprint density at radius 1 is 1.21 bits per heavy atom. The van der Waals surface area contributed by atoms with Crippen LogP contribution in [0.2, 0.25) is 0 Å². The van der Waals surface area contributed by atoms with Crippen molar-refractivity contribution in [3.63, 3.8) is 0 Å². The summed E-state index contributed by atoms with van der Waals surface area (Å²) in [5, 5.41) is 9.80. The monoisotopic (exact) mass is 266 g/mol. The van der Waals surface area contributed by atoms with Crippen molar-refractivity contribution >= 4 is 0 Å². The zero-order valence-corrected chi connectivity index (χ0v) is 12.5. The summed E-state index contributed by atoms with van der Waals surface area (Å²) in [5.74, 6) is 1.66. The lowest BCUT2D eigenvalue weighted by Crippen LogP contribution is -2.13. The number of aliphatic hydroxyl groups excluding tert-OH is 1. The Labute approximate surface area is 116 Å². The molecule has 1 aromatic rings. The first kappa shape index (κ1) is 15.8. The number of ether oxygens (including phenoxy) is 2. The lowest BCUT2D eigenvalue weighted by atomic mass is 9.91. The van der Waals surface area contributed by atoms with Gasteiger partial charge in [-0.2, -0.15) is 0 Å². The van der Waals surface area contributed by atoms with Crippen molar-refractivity contribution in [3.05, 3.63) is 23.8 Å². The third-order valence-electron chi connectivity index (χ3n) is 3.39. The number of benzene rings is 1. The number of hydrogen-bond donors (Lipinski definition) is 1. The van der Waals surface area contributed by atoms with Gasteiger partial charge < -0.3 is 14.6 Å². The van der Waals surface area contributed by atoms with Crippen molar-refractivity contribution in [1.82, 2.24) is 0 Å². The van der Waals surface area contributed by atoms with Crippen LogP contribution in [0.25, 0.3) is 0 Å². The van der Waals surface area contributed by atoms with Gasteiger partial charge in [-0.3, -0.25) is 0 Å². The first-order chi connectivity index (χ1) is 9.13. The molecule has 0 aliphatic carbocycles. The van der Waals surface area contributed by atoms with Crippen molar-refractivity contribution in [2.24, 2.45) is 0 Å². The molecule has 0 aliphatic heterocycles. The highest BCUT2D eigenvalue weighted by Gasteiger charge is 2.17. The minimum atomic E-state index is -0.360. The van der Waals surface area contributed by atoms with Gasteiger partial charge in [0.15, 0.2) is 11.5 Å². The third kappa shape index (κ3) is 4.43. The average Bonchev–Trinajstić information content (AvgIpc) is 2.40. The van der Waals surface area contributed by atoms with Crippen LogP contribution in [0.3, 0.4) is 0 Å². The molecule has 1 aromatic carbocycles. The van der Waals surface area contributed by atoms with Crippen LogP contribution >= 0.6 is 0 Å². The van der Waals surface area contributed by atoms with Gasteiger partial charge in [-0.1, -0.05) is 26.3 Å². The van der Waals surface area contributed by atoms with E-state index < -0.39 is 0 Å². The van der Waals surface area contributed by atoms with Crippen molar-refractivity contribution < 1.29 is 14.6 Å². The molecule has 0 saturated heterocycles. The second-order valence-electron chi connectivity index (χ2n) is 4.87. The van der Waals surface area contributed by atoms with Crippen LogP contribution in [0.5, 0.6) is 11.5 Å². The van der Waals surface area contributed by atoms with Gasteiger partial charge in [0.2, 0.25) is 0 Å². The lowest BCUT2D eigenvalue weighted by molar-refractivity contribution is 0.159. The SMILES string of the molecule is CCCCOc1ccc(C(CC)C(C)O)cc1OC. The summed E-state index contributed by atoms with van der Waals surface area (Å²) in [6.07, 6.45) is 2.69. The van der Waals surface area contributed by atoms with Gasteiger partial charge in [-0.15, -0.1) is 0 Å². The fourth-order valence-corrected chi connectivity index (χ4v) is 2.22. The molecule has 1 rings (SSSR count). The van der Waals surface area contributed by atoms with Crippen LogP contribution in [0.15, 0.2) is 18.2 Å². The van der Waals surface area contributed by atoms with E-state index in [4.69, 9.17) is 9.47 Å². The molecule has 2 atom stereocenters. The number of methoxy groups -OCH3 is 1. The van der Waals surface area contributed by atoms with Crippen LogP contribution in [0.4, 0.5) is 0 Å². The Hall–Kier alpha value is -1.22. The highest BCUT2D eigenvalue weighted by molar-refractivity contribution is 5.44. The molecule has 0 fully saturated rings. The predicted octanol–water partition coefficient (Wildman–Crippen LogP) is 3.75. The first-order valence-electron chi connectivity index (χ1n) is 7.12. The standard InChI is InChI=1S/C16H26O3/c1-5-7-10-19-15-9-8-13(11-16(15)18-4)14(6-2)12(3)17/h8-9,11-12,14,17H,5-7,10H2,1-4H3. The zero-order chi connectivity index (χ0) is 14.3. The second-order valence-corrected chi connectivity index (χ2v) is 4.87. The molecule has 108 valence electrons. The second kappa shape index (κ2) is 8.05. The molecule has 0 bridgehead atoms. The van der Waals surface area contributed by atoms with Crippen LogP contribution in [0, 0.1) is 0 Å². The molecule has 3 heteroatoms. The molecule has 1 N–H and O–H groups in total. The fourth-order valence-electron chi connectivity index (χ4n) is 2.22. The third-order valence-corrected chi connectivity index (χ3v) is 3.39. The van der Waals surface area contributed by atoms with E-state index in [1.807, 2.05) is 25.1 Å². The van der Waals surface area contributed by atoms with Gasteiger partial charge >= 0.3 is 0 Å². The Morgan fingerprint density at radius 3 is 2.47 bits per heavy atom. The van der Waals surface area contributed by atoms with Crippen molar-refractivity contribution in [2.45, 2.75) is 52.1 Å². The van der Waals surface area contributed by atoms with E-state index in [0.717, 1.165) is 36.3 Å². The first-order valence-corrected chi connectivity index (χ1v) is 7.12. The summed E-state index contributed by atoms with van der Waals surface area (Å²) in [4.78, 5) is 0. The molecule has 0 radical (unpaired) electrons. The van der Waals surface area contributed by atoms with E-state index >= 15 is 0 Å². The van der Waals surface area contributed by atoms with Crippen LogP contribution in [-0.2, 0) is 0 Å². The number of hydrogen-bond acceptors (Lipinski definition) is 3. The maximum absolute atomic E-state index is 9.80. The average molecular weight is 266 g/mol. The summed E-state index contributed by atoms with van der Waals surface area (Å²) >= 11 is 0. The molecule has 0 aromatic heterocycles. The van der Waals surface area contributed by atoms with E-state index in [-0.39, 0.29) is 12.0 Å². The van der Waals surface area contributed by atoms with Gasteiger partial charge in [-0.05, 0) is 37.5 Å². The summed E-state index contributed by atoms with van der Waals surface area (Å²) in [6.45, 7) is 6.75. The molecule has 0 heterocycles. The van der Waals surface area contributed by atoms with E-state index in [1.165, 1.54) is 0 Å². The zero-order valence-electron chi connectivity index (χ0n) is 12.5. The molecule has 0 aliphatic rings. The molecule has 2 unspecified atom stereocenters. The summed E-state index contributed by atoms with van der Waals surface area (Å²) in [5.41, 5.74) is 1.09. The van der Waals surface area contributed by atoms with Gasteiger partial charge in [0, 0.05) is 5.92 Å². The topological polar surface area (TPSA) is 38.7 Å². The number of rotatable bonds is 8. The van der Waals surface area contributed by atoms with Crippen molar-refractivity contribution in [3.8, 4) is 11.5 Å². The Bertz CT molecular complexity index is 374. The highest BCUT2D eigenvalue weighted by Crippen LogP contribution is 2.33. The Morgan fingerprint density at radius 2 is 1.95 bits per heavy atom. The maximum Gasteiger partial charge on any atom is 0.161 e. The molecular weight excluding hydrogens is 240 g/mol. The molecular formula is C16H26O3. The van der Waals surface area contributed by atoms with E-state index in [0.29, 0.717) is 6.61 Å². The van der Waals surface area contributed by atoms with Crippen LogP contribution < -0.4 is 9.47 Å². The van der Waals surface area contributed by atoms with Gasteiger partial charge in [-0.25, -0.2) is 0 Å². The Kier molecular flexibility index (Phi) is 6.71. The summed E-state index contributed by atoms with van der Waals surface area (Å²) in [7, 11) is 1.65. The number of aliphatic hydroxyl groups is 1. The summed E-state index contributed by atoms with van der Waals surface area (Å²) in [6, 6.07) is 5.93. The maximum atomic E-state index is 9.80. The van der Waals surface area contributed by atoms with Crippen LogP contribution in [0.1, 0.15) is 51.5 Å². The van der Waals surface area contributed by atoms with Crippen molar-refractivity contribution in [2.75, 3.05) is 13.7 Å². The molecule has 19 heavy (non-hydrogen) atoms. The predicted molar refractivity (Wildman–Crippen MR) is 78.1 cm³/mol. The lowest BCUT2D eigenvalue weighted by Gasteiger charge is -2.20. The molecule has 0 saturated carbocycles. The van der Waals surface area contributed by atoms with E-state index in [2.05, 4.69) is 13.8 Å². The molecule has 0 spiro atoms.